The van der Waals surface area contributed by atoms with Crippen LogP contribution >= 0.6 is 0 Å². The number of benzene rings is 1. The summed E-state index contributed by atoms with van der Waals surface area (Å²) in [6.07, 6.45) is 5.54. The Morgan fingerprint density at radius 1 is 0.917 bits per heavy atom. The lowest BCUT2D eigenvalue weighted by atomic mass is 9.99. The molecule has 3 fully saturated rings. The summed E-state index contributed by atoms with van der Waals surface area (Å²) in [6.45, 7) is 6.60. The predicted molar refractivity (Wildman–Crippen MR) is 177 cm³/mol. The van der Waals surface area contributed by atoms with Gasteiger partial charge in [0, 0.05) is 63.1 Å². The molecule has 3 saturated heterocycles. The highest BCUT2D eigenvalue weighted by Crippen LogP contribution is 2.33. The van der Waals surface area contributed by atoms with Gasteiger partial charge in [-0.3, -0.25) is 39.1 Å². The van der Waals surface area contributed by atoms with Gasteiger partial charge in [-0.05, 0) is 68.7 Å². The van der Waals surface area contributed by atoms with Crippen molar-refractivity contribution in [3.8, 4) is 0 Å². The molecule has 3 aromatic rings. The third-order valence-corrected chi connectivity index (χ3v) is 9.81. The fourth-order valence-electron chi connectivity index (χ4n) is 7.32. The van der Waals surface area contributed by atoms with Gasteiger partial charge < -0.3 is 20.9 Å². The molecule has 2 atom stereocenters. The SMILES string of the molecule is C[C@H]1CN(C2CCN(c3ccc4c(c3)C(=O)N(C3CCC(=O)NC3=O)C4=O)CC2)CCN1c1ccc(Nc2cccnc2C(N)=O)nc1. The van der Waals surface area contributed by atoms with Gasteiger partial charge in [-0.2, -0.15) is 0 Å². The van der Waals surface area contributed by atoms with Gasteiger partial charge in [0.15, 0.2) is 5.69 Å². The lowest BCUT2D eigenvalue weighted by Crippen LogP contribution is -2.57. The summed E-state index contributed by atoms with van der Waals surface area (Å²) in [4.78, 5) is 78.9. The van der Waals surface area contributed by atoms with Crippen molar-refractivity contribution in [3.05, 3.63) is 71.7 Å². The number of piperidine rings is 2. The minimum absolute atomic E-state index is 0.0920. The van der Waals surface area contributed by atoms with E-state index in [-0.39, 0.29) is 24.6 Å². The zero-order valence-corrected chi connectivity index (χ0v) is 26.6. The Kier molecular flexibility index (Phi) is 8.25. The van der Waals surface area contributed by atoms with Crippen molar-refractivity contribution in [2.24, 2.45) is 5.73 Å². The molecule has 0 saturated carbocycles. The molecule has 14 heteroatoms. The maximum Gasteiger partial charge on any atom is 0.269 e. The smallest absolute Gasteiger partial charge is 0.269 e. The number of anilines is 4. The number of imide groups is 2. The maximum atomic E-state index is 13.3. The molecule has 0 spiro atoms. The summed E-state index contributed by atoms with van der Waals surface area (Å²) < 4.78 is 0. The highest BCUT2D eigenvalue weighted by Gasteiger charge is 2.45. The van der Waals surface area contributed by atoms with E-state index in [9.17, 15) is 24.0 Å². The summed E-state index contributed by atoms with van der Waals surface area (Å²) in [6, 6.07) is 12.5. The number of aromatic nitrogens is 2. The van der Waals surface area contributed by atoms with Gasteiger partial charge in [-0.25, -0.2) is 9.97 Å². The van der Waals surface area contributed by atoms with Crippen molar-refractivity contribution < 1.29 is 24.0 Å². The summed E-state index contributed by atoms with van der Waals surface area (Å²) in [7, 11) is 0. The molecular weight excluding hydrogens is 614 g/mol. The van der Waals surface area contributed by atoms with Crippen LogP contribution in [0.25, 0.3) is 0 Å². The van der Waals surface area contributed by atoms with Crippen LogP contribution < -0.4 is 26.2 Å². The monoisotopic (exact) mass is 651 g/mol. The number of nitrogens with two attached hydrogens (primary N) is 1. The van der Waals surface area contributed by atoms with Crippen LogP contribution in [0.4, 0.5) is 22.9 Å². The Balaban J connectivity index is 0.935. The van der Waals surface area contributed by atoms with Gasteiger partial charge in [0.2, 0.25) is 11.8 Å². The van der Waals surface area contributed by atoms with Gasteiger partial charge in [-0.1, -0.05) is 0 Å². The fraction of sp³-hybridized carbons (Fsp3) is 0.382. The van der Waals surface area contributed by atoms with E-state index in [1.165, 1.54) is 6.20 Å². The van der Waals surface area contributed by atoms with Crippen LogP contribution in [0.1, 0.15) is 63.8 Å². The van der Waals surface area contributed by atoms with Crippen molar-refractivity contribution in [2.45, 2.75) is 50.7 Å². The fourth-order valence-corrected chi connectivity index (χ4v) is 7.32. The molecule has 0 bridgehead atoms. The van der Waals surface area contributed by atoms with Crippen LogP contribution in [0.3, 0.4) is 0 Å². The number of primary amides is 1. The summed E-state index contributed by atoms with van der Waals surface area (Å²) in [5, 5.41) is 5.37. The quantitative estimate of drug-likeness (QED) is 0.319. The van der Waals surface area contributed by atoms with Crippen molar-refractivity contribution in [1.29, 1.82) is 0 Å². The van der Waals surface area contributed by atoms with Gasteiger partial charge in [0.05, 0.1) is 28.7 Å². The normalized spacial score (nSPS) is 22.1. The first-order chi connectivity index (χ1) is 23.2. The number of pyridine rings is 2. The molecule has 7 rings (SSSR count). The van der Waals surface area contributed by atoms with Gasteiger partial charge in [0.1, 0.15) is 11.9 Å². The van der Waals surface area contributed by atoms with E-state index >= 15 is 0 Å². The average molecular weight is 652 g/mol. The third-order valence-electron chi connectivity index (χ3n) is 9.81. The summed E-state index contributed by atoms with van der Waals surface area (Å²) in [5.41, 5.74) is 8.64. The lowest BCUT2D eigenvalue weighted by Gasteiger charge is -2.46. The molecule has 248 valence electrons. The highest BCUT2D eigenvalue weighted by atomic mass is 16.2. The number of nitrogens with one attached hydrogen (secondary N) is 2. The van der Waals surface area contributed by atoms with Crippen LogP contribution in [-0.4, -0.2) is 100 Å². The largest absolute Gasteiger partial charge is 0.371 e. The molecule has 48 heavy (non-hydrogen) atoms. The molecule has 4 aliphatic heterocycles. The molecule has 1 unspecified atom stereocenters. The topological polar surface area (TPSA) is 174 Å². The average Bonchev–Trinajstić information content (AvgIpc) is 3.33. The number of piperazine rings is 1. The minimum Gasteiger partial charge on any atom is -0.371 e. The van der Waals surface area contributed by atoms with Gasteiger partial charge in [-0.15, -0.1) is 0 Å². The standard InChI is InChI=1S/C34H37N9O5/c1-20-19-41(15-16-42(20)23-5-8-28(37-18-23)38-26-3-2-12-36-30(26)31(35)45)21-10-13-40(14-11-21)22-4-6-24-25(17-22)34(48)43(33(24)47)27-7-9-29(44)39-32(27)46/h2-6,8,12,17-18,20-21,27H,7,9-11,13-16,19H2,1H3,(H2,35,45)(H,37,38)(H,39,44,46)/t20-,27?/m0/s1. The van der Waals surface area contributed by atoms with Crippen LogP contribution in [0, 0.1) is 0 Å². The van der Waals surface area contributed by atoms with E-state index in [0.29, 0.717) is 28.7 Å². The number of hydrogen-bond acceptors (Lipinski definition) is 11. The van der Waals surface area contributed by atoms with Crippen molar-refractivity contribution >= 4 is 52.4 Å². The highest BCUT2D eigenvalue weighted by molar-refractivity contribution is 6.23. The molecule has 5 amide bonds. The molecule has 14 nitrogen and oxygen atoms in total. The predicted octanol–water partition coefficient (Wildman–Crippen LogP) is 1.90. The van der Waals surface area contributed by atoms with E-state index in [1.54, 1.807) is 24.3 Å². The number of rotatable bonds is 7. The summed E-state index contributed by atoms with van der Waals surface area (Å²) in [5.74, 6) is -1.99. The number of fused-ring (bicyclic) bond motifs is 1. The molecule has 1 aromatic carbocycles. The number of carbonyl (C=O) groups is 5. The van der Waals surface area contributed by atoms with Crippen LogP contribution in [0.15, 0.2) is 54.9 Å². The zero-order valence-electron chi connectivity index (χ0n) is 26.6. The van der Waals surface area contributed by atoms with Gasteiger partial charge >= 0.3 is 0 Å². The van der Waals surface area contributed by atoms with Gasteiger partial charge in [0.25, 0.3) is 17.7 Å². The summed E-state index contributed by atoms with van der Waals surface area (Å²) >= 11 is 0. The lowest BCUT2D eigenvalue weighted by molar-refractivity contribution is -0.136. The van der Waals surface area contributed by atoms with Crippen LogP contribution in [-0.2, 0) is 9.59 Å². The molecule has 0 aliphatic carbocycles. The molecule has 4 aliphatic rings. The molecular formula is C34H37N9O5. The number of carbonyl (C=O) groups excluding carboxylic acids is 5. The van der Waals surface area contributed by atoms with E-state index in [1.807, 2.05) is 24.4 Å². The van der Waals surface area contributed by atoms with Crippen molar-refractivity contribution in [2.75, 3.05) is 47.8 Å². The number of hydrogen-bond donors (Lipinski definition) is 3. The molecule has 0 radical (unpaired) electrons. The second-order valence-corrected chi connectivity index (χ2v) is 12.7. The zero-order chi connectivity index (χ0) is 33.5. The maximum absolute atomic E-state index is 13.3. The first-order valence-electron chi connectivity index (χ1n) is 16.3. The first-order valence-corrected chi connectivity index (χ1v) is 16.3. The first kappa shape index (κ1) is 31.2. The number of amides is 5. The van der Waals surface area contributed by atoms with Crippen LogP contribution in [0.2, 0.25) is 0 Å². The van der Waals surface area contributed by atoms with E-state index < -0.39 is 35.6 Å². The second-order valence-electron chi connectivity index (χ2n) is 12.7. The van der Waals surface area contributed by atoms with E-state index in [4.69, 9.17) is 5.73 Å². The minimum atomic E-state index is -0.972. The van der Waals surface area contributed by atoms with E-state index in [2.05, 4.69) is 42.2 Å². The van der Waals surface area contributed by atoms with Crippen LogP contribution in [0.5, 0.6) is 0 Å². The Hall–Kier alpha value is -5.37. The second kappa shape index (κ2) is 12.7. The third kappa shape index (κ3) is 5.83. The molecule has 4 N–H and O–H groups in total. The van der Waals surface area contributed by atoms with Crippen molar-refractivity contribution in [1.82, 2.24) is 25.1 Å². The van der Waals surface area contributed by atoms with Crippen molar-refractivity contribution in [3.63, 3.8) is 0 Å². The Morgan fingerprint density at radius 3 is 2.40 bits per heavy atom. The molecule has 2 aromatic heterocycles. The molecule has 6 heterocycles. The Bertz CT molecular complexity index is 1790. The Labute approximate surface area is 277 Å². The van der Waals surface area contributed by atoms with E-state index in [0.717, 1.165) is 61.8 Å². The Morgan fingerprint density at radius 2 is 1.69 bits per heavy atom. The number of nitrogens with zero attached hydrogens (tertiary/aromatic N) is 6.